The Hall–Kier alpha value is -3.07. The highest BCUT2D eigenvalue weighted by Crippen LogP contribution is 2.32. The van der Waals surface area contributed by atoms with E-state index in [1.807, 2.05) is 32.0 Å². The molecule has 190 valence electrons. The topological polar surface area (TPSA) is 37.6 Å². The van der Waals surface area contributed by atoms with Crippen LogP contribution in [0, 0.1) is 0 Å². The van der Waals surface area contributed by atoms with Gasteiger partial charge in [0.1, 0.15) is 0 Å². The molecule has 0 aliphatic heterocycles. The summed E-state index contributed by atoms with van der Waals surface area (Å²) in [4.78, 5) is 15.0. The van der Waals surface area contributed by atoms with Gasteiger partial charge in [-0.2, -0.15) is 0 Å². The molecule has 0 fully saturated rings. The molecular formula is C33H43N3. The number of nitrogens with zero attached hydrogens (tertiary/aromatic N) is 3. The van der Waals surface area contributed by atoms with E-state index < -0.39 is 0 Å². The van der Waals surface area contributed by atoms with Gasteiger partial charge in [-0.1, -0.05) is 85.7 Å². The van der Waals surface area contributed by atoms with Crippen LogP contribution in [0.25, 0.3) is 0 Å². The maximum atomic E-state index is 5.01. The smallest absolute Gasteiger partial charge is 0.0849 e. The van der Waals surface area contributed by atoms with Crippen LogP contribution in [0.3, 0.4) is 0 Å². The van der Waals surface area contributed by atoms with E-state index in [1.54, 1.807) is 0 Å². The van der Waals surface area contributed by atoms with Crippen LogP contribution >= 0.6 is 0 Å². The van der Waals surface area contributed by atoms with Crippen LogP contribution < -0.4 is 0 Å². The van der Waals surface area contributed by atoms with E-state index in [-0.39, 0.29) is 0 Å². The first-order chi connectivity index (χ1) is 17.0. The minimum atomic E-state index is 0.404. The van der Waals surface area contributed by atoms with E-state index in [1.165, 1.54) is 22.3 Å². The maximum Gasteiger partial charge on any atom is 0.0849 e. The first-order valence-corrected chi connectivity index (χ1v) is 13.3. The molecule has 3 rings (SSSR count). The van der Waals surface area contributed by atoms with Crippen molar-refractivity contribution in [2.45, 2.75) is 92.9 Å². The number of hydrogen-bond donors (Lipinski definition) is 0. The van der Waals surface area contributed by atoms with Crippen molar-refractivity contribution in [3.05, 3.63) is 88.2 Å². The Morgan fingerprint density at radius 2 is 0.944 bits per heavy atom. The van der Waals surface area contributed by atoms with E-state index in [4.69, 9.17) is 15.0 Å². The molecule has 0 bridgehead atoms. The van der Waals surface area contributed by atoms with Crippen molar-refractivity contribution in [3.8, 4) is 0 Å². The summed E-state index contributed by atoms with van der Waals surface area (Å²) in [6.07, 6.45) is 0. The van der Waals surface area contributed by atoms with E-state index in [2.05, 4.69) is 91.8 Å². The molecule has 0 amide bonds. The van der Waals surface area contributed by atoms with Crippen molar-refractivity contribution in [3.63, 3.8) is 0 Å². The molecule has 0 unspecified atom stereocenters. The summed E-state index contributed by atoms with van der Waals surface area (Å²) in [7, 11) is 0. The summed E-state index contributed by atoms with van der Waals surface area (Å²) in [6.45, 7) is 21.9. The molecule has 0 spiro atoms. The van der Waals surface area contributed by atoms with Gasteiger partial charge in [-0.15, -0.1) is 0 Å². The molecule has 3 heteroatoms. The van der Waals surface area contributed by atoms with Crippen molar-refractivity contribution in [1.82, 2.24) is 4.98 Å². The molecule has 0 saturated heterocycles. The lowest BCUT2D eigenvalue weighted by atomic mass is 9.94. The molecule has 2 aromatic carbocycles. The minimum Gasteiger partial charge on any atom is -0.251 e. The zero-order valence-electron chi connectivity index (χ0n) is 23.8. The molecule has 36 heavy (non-hydrogen) atoms. The molecule has 0 aliphatic rings. The Bertz CT molecular complexity index is 1160. The average molecular weight is 482 g/mol. The molecule has 0 N–H and O–H groups in total. The molecule has 0 atom stereocenters. The summed E-state index contributed by atoms with van der Waals surface area (Å²) in [6, 6.07) is 19.4. The van der Waals surface area contributed by atoms with Crippen LogP contribution in [0.15, 0.2) is 64.6 Å². The van der Waals surface area contributed by atoms with Gasteiger partial charge in [-0.25, -0.2) is 4.98 Å². The third-order valence-corrected chi connectivity index (χ3v) is 6.75. The first kappa shape index (κ1) is 27.5. The molecule has 0 radical (unpaired) electrons. The number of pyridine rings is 1. The van der Waals surface area contributed by atoms with E-state index in [0.29, 0.717) is 23.7 Å². The number of aromatic nitrogens is 1. The van der Waals surface area contributed by atoms with Crippen molar-refractivity contribution < 1.29 is 0 Å². The molecule has 0 saturated carbocycles. The highest BCUT2D eigenvalue weighted by atomic mass is 14.8. The number of rotatable bonds is 8. The van der Waals surface area contributed by atoms with E-state index in [9.17, 15) is 0 Å². The zero-order valence-corrected chi connectivity index (χ0v) is 23.8. The second-order valence-corrected chi connectivity index (χ2v) is 11.1. The normalized spacial score (nSPS) is 12.9. The minimum absolute atomic E-state index is 0.404. The molecule has 1 heterocycles. The van der Waals surface area contributed by atoms with Gasteiger partial charge in [-0.3, -0.25) is 9.98 Å². The van der Waals surface area contributed by atoms with Crippen molar-refractivity contribution in [2.75, 3.05) is 0 Å². The monoisotopic (exact) mass is 481 g/mol. The number of aliphatic imine (C=N–C) groups is 2. The number of hydrogen-bond acceptors (Lipinski definition) is 3. The summed E-state index contributed by atoms with van der Waals surface area (Å²) in [5.74, 6) is 1.81. The van der Waals surface area contributed by atoms with Crippen molar-refractivity contribution in [2.24, 2.45) is 9.98 Å². The van der Waals surface area contributed by atoms with Crippen molar-refractivity contribution in [1.29, 1.82) is 0 Å². The Morgan fingerprint density at radius 1 is 0.556 bits per heavy atom. The van der Waals surface area contributed by atoms with E-state index >= 15 is 0 Å². The fourth-order valence-corrected chi connectivity index (χ4v) is 4.31. The molecule has 3 aromatic rings. The summed E-state index contributed by atoms with van der Waals surface area (Å²) >= 11 is 0. The molecule has 1 aromatic heterocycles. The third kappa shape index (κ3) is 6.57. The van der Waals surface area contributed by atoms with Gasteiger partial charge in [0.05, 0.1) is 34.2 Å². The van der Waals surface area contributed by atoms with Gasteiger partial charge in [0, 0.05) is 0 Å². The van der Waals surface area contributed by atoms with Gasteiger partial charge in [0.15, 0.2) is 0 Å². The third-order valence-electron chi connectivity index (χ3n) is 6.75. The fourth-order valence-electron chi connectivity index (χ4n) is 4.31. The van der Waals surface area contributed by atoms with Gasteiger partial charge in [0.2, 0.25) is 0 Å². The van der Waals surface area contributed by atoms with Crippen LogP contribution in [0.5, 0.6) is 0 Å². The fraction of sp³-hybridized carbons (Fsp3) is 0.424. The summed E-state index contributed by atoms with van der Waals surface area (Å²) in [5, 5.41) is 0. The lowest BCUT2D eigenvalue weighted by Gasteiger charge is -2.15. The van der Waals surface area contributed by atoms with Gasteiger partial charge >= 0.3 is 0 Å². The lowest BCUT2D eigenvalue weighted by molar-refractivity contribution is 0.834. The van der Waals surface area contributed by atoms with Gasteiger partial charge < -0.3 is 0 Å². The van der Waals surface area contributed by atoms with Crippen LogP contribution in [-0.2, 0) is 0 Å². The largest absolute Gasteiger partial charge is 0.251 e. The molecule has 0 aliphatic carbocycles. The first-order valence-electron chi connectivity index (χ1n) is 13.3. The summed E-state index contributed by atoms with van der Waals surface area (Å²) in [5.41, 5.74) is 10.9. The Morgan fingerprint density at radius 3 is 1.28 bits per heavy atom. The molecule has 3 nitrogen and oxygen atoms in total. The van der Waals surface area contributed by atoms with Gasteiger partial charge in [-0.05, 0) is 84.0 Å². The van der Waals surface area contributed by atoms with Gasteiger partial charge in [0.25, 0.3) is 0 Å². The average Bonchev–Trinajstić information content (AvgIpc) is 2.83. The van der Waals surface area contributed by atoms with E-state index in [0.717, 1.165) is 34.2 Å². The summed E-state index contributed by atoms with van der Waals surface area (Å²) < 4.78 is 0. The van der Waals surface area contributed by atoms with Crippen LogP contribution in [0.4, 0.5) is 11.4 Å². The Labute approximate surface area is 218 Å². The number of benzene rings is 2. The SMILES string of the molecule is CC(=Nc1ccc(C(C)C)cc1C(C)C)c1cccc(C(C)=Nc2ccc(C(C)C)cc2C(C)C)n1. The van der Waals surface area contributed by atoms with Crippen LogP contribution in [0.1, 0.15) is 127 Å². The zero-order chi connectivity index (χ0) is 26.6. The highest BCUT2D eigenvalue weighted by Gasteiger charge is 2.13. The molecular weight excluding hydrogens is 438 g/mol. The Balaban J connectivity index is 1.97. The highest BCUT2D eigenvalue weighted by molar-refractivity contribution is 6.02. The van der Waals surface area contributed by atoms with Crippen LogP contribution in [-0.4, -0.2) is 16.4 Å². The van der Waals surface area contributed by atoms with Crippen LogP contribution in [0.2, 0.25) is 0 Å². The Kier molecular flexibility index (Phi) is 9.00. The standard InChI is InChI=1S/C33H43N3/c1-20(2)26-14-16-32(28(18-26)22(5)6)34-24(9)30-12-11-13-31(36-30)25(10)35-33-17-15-27(21(3)4)19-29(33)23(7)8/h11-23H,1-10H3. The maximum absolute atomic E-state index is 5.01. The predicted octanol–water partition coefficient (Wildman–Crippen LogP) is 9.86. The van der Waals surface area contributed by atoms with Crippen molar-refractivity contribution >= 4 is 22.8 Å². The second kappa shape index (κ2) is 11.8. The predicted molar refractivity (Wildman–Crippen MR) is 157 cm³/mol. The second-order valence-electron chi connectivity index (χ2n) is 11.1. The lowest BCUT2D eigenvalue weighted by Crippen LogP contribution is -2.05. The quantitative estimate of drug-likeness (QED) is 0.295.